The van der Waals surface area contributed by atoms with Gasteiger partial charge in [0, 0.05) is 36.0 Å². The highest BCUT2D eigenvalue weighted by atomic mass is 15.2. The number of aromatic amines is 1. The maximum absolute atomic E-state index is 4.44. The highest BCUT2D eigenvalue weighted by molar-refractivity contribution is 5.84. The van der Waals surface area contributed by atoms with E-state index >= 15 is 0 Å². The van der Waals surface area contributed by atoms with Crippen LogP contribution in [-0.4, -0.2) is 33.3 Å². The SMILES string of the molecule is C=C(Nc1c[nH]nc1C(=C)Nc1cccnc1)c1cncc(CC2CCNCC2)c1. The lowest BCUT2D eigenvalue weighted by molar-refractivity contribution is 0.372. The fraction of sp³-hybridized carbons (Fsp3) is 0.261. The maximum Gasteiger partial charge on any atom is 0.131 e. The van der Waals surface area contributed by atoms with Crippen LogP contribution in [0, 0.1) is 5.92 Å². The molecule has 4 N–H and O–H groups in total. The van der Waals surface area contributed by atoms with Gasteiger partial charge in [0.2, 0.25) is 0 Å². The molecule has 3 aromatic heterocycles. The number of nitrogens with one attached hydrogen (secondary N) is 4. The molecule has 0 unspecified atom stereocenters. The van der Waals surface area contributed by atoms with Crippen LogP contribution in [0.1, 0.15) is 29.7 Å². The van der Waals surface area contributed by atoms with Crippen LogP contribution in [-0.2, 0) is 6.42 Å². The van der Waals surface area contributed by atoms with Crippen LogP contribution in [0.25, 0.3) is 11.4 Å². The zero-order valence-corrected chi connectivity index (χ0v) is 17.0. The van der Waals surface area contributed by atoms with Gasteiger partial charge in [0.05, 0.1) is 23.3 Å². The van der Waals surface area contributed by atoms with Crippen molar-refractivity contribution in [3.63, 3.8) is 0 Å². The van der Waals surface area contributed by atoms with E-state index in [0.29, 0.717) is 17.3 Å². The molecule has 0 amide bonds. The minimum atomic E-state index is 0.664. The molecule has 0 bridgehead atoms. The summed E-state index contributed by atoms with van der Waals surface area (Å²) in [5.74, 6) is 0.715. The highest BCUT2D eigenvalue weighted by Crippen LogP contribution is 2.26. The maximum atomic E-state index is 4.44. The summed E-state index contributed by atoms with van der Waals surface area (Å²) in [6.45, 7) is 10.5. The molecule has 30 heavy (non-hydrogen) atoms. The number of anilines is 2. The van der Waals surface area contributed by atoms with E-state index in [9.17, 15) is 0 Å². The Kier molecular flexibility index (Phi) is 6.20. The predicted molar refractivity (Wildman–Crippen MR) is 122 cm³/mol. The Balaban J connectivity index is 1.42. The monoisotopic (exact) mass is 401 g/mol. The Morgan fingerprint density at radius 1 is 1.07 bits per heavy atom. The van der Waals surface area contributed by atoms with Crippen molar-refractivity contribution in [3.05, 3.63) is 79.2 Å². The van der Waals surface area contributed by atoms with Crippen molar-refractivity contribution in [2.75, 3.05) is 23.7 Å². The summed E-state index contributed by atoms with van der Waals surface area (Å²) in [4.78, 5) is 8.54. The third-order valence-electron chi connectivity index (χ3n) is 5.29. The van der Waals surface area contributed by atoms with Gasteiger partial charge in [-0.05, 0) is 62.0 Å². The van der Waals surface area contributed by atoms with Crippen LogP contribution in [0.2, 0.25) is 0 Å². The van der Waals surface area contributed by atoms with Gasteiger partial charge in [-0.25, -0.2) is 0 Å². The molecule has 0 aliphatic carbocycles. The summed E-state index contributed by atoms with van der Waals surface area (Å²) in [6, 6.07) is 5.97. The van der Waals surface area contributed by atoms with Crippen LogP contribution in [0.4, 0.5) is 11.4 Å². The second-order valence-corrected chi connectivity index (χ2v) is 7.58. The van der Waals surface area contributed by atoms with E-state index in [2.05, 4.69) is 55.3 Å². The van der Waals surface area contributed by atoms with Gasteiger partial charge in [-0.2, -0.15) is 5.10 Å². The molecule has 7 nitrogen and oxygen atoms in total. The lowest BCUT2D eigenvalue weighted by Crippen LogP contribution is -2.28. The fourth-order valence-electron chi connectivity index (χ4n) is 3.70. The van der Waals surface area contributed by atoms with Gasteiger partial charge < -0.3 is 16.0 Å². The molecule has 0 saturated carbocycles. The Hall–Kier alpha value is -3.45. The number of nitrogens with zero attached hydrogens (tertiary/aromatic N) is 3. The van der Waals surface area contributed by atoms with E-state index in [1.165, 1.54) is 18.4 Å². The molecular weight excluding hydrogens is 374 g/mol. The molecule has 0 aromatic carbocycles. The first-order valence-corrected chi connectivity index (χ1v) is 10.2. The van der Waals surface area contributed by atoms with E-state index in [1.54, 1.807) is 18.6 Å². The first kappa shape index (κ1) is 19.8. The minimum Gasteiger partial charge on any atom is -0.353 e. The molecule has 0 radical (unpaired) electrons. The van der Waals surface area contributed by atoms with Crippen molar-refractivity contribution in [2.24, 2.45) is 5.92 Å². The zero-order valence-electron chi connectivity index (χ0n) is 17.0. The summed E-state index contributed by atoms with van der Waals surface area (Å²) in [6.07, 6.45) is 12.5. The average Bonchev–Trinajstić information content (AvgIpc) is 3.24. The summed E-state index contributed by atoms with van der Waals surface area (Å²) in [7, 11) is 0. The molecule has 154 valence electrons. The van der Waals surface area contributed by atoms with Crippen molar-refractivity contribution < 1.29 is 0 Å². The minimum absolute atomic E-state index is 0.664. The highest BCUT2D eigenvalue weighted by Gasteiger charge is 2.15. The Morgan fingerprint density at radius 3 is 2.73 bits per heavy atom. The normalized spacial score (nSPS) is 14.3. The first-order chi connectivity index (χ1) is 14.7. The van der Waals surface area contributed by atoms with E-state index < -0.39 is 0 Å². The number of hydrogen-bond donors (Lipinski definition) is 4. The van der Waals surface area contributed by atoms with Crippen LogP contribution >= 0.6 is 0 Å². The second kappa shape index (κ2) is 9.37. The van der Waals surface area contributed by atoms with Crippen molar-refractivity contribution in [1.82, 2.24) is 25.5 Å². The number of H-pyrrole nitrogens is 1. The molecular formula is C23H27N7. The molecule has 7 heteroatoms. The third-order valence-corrected chi connectivity index (χ3v) is 5.29. The Labute approximate surface area is 176 Å². The Bertz CT molecular complexity index is 1000. The molecule has 1 aliphatic heterocycles. The van der Waals surface area contributed by atoms with Gasteiger partial charge >= 0.3 is 0 Å². The van der Waals surface area contributed by atoms with Gasteiger partial charge in [0.15, 0.2) is 0 Å². The van der Waals surface area contributed by atoms with Crippen molar-refractivity contribution in [3.8, 4) is 0 Å². The van der Waals surface area contributed by atoms with Gasteiger partial charge in [0.25, 0.3) is 0 Å². The number of rotatable bonds is 8. The van der Waals surface area contributed by atoms with Crippen molar-refractivity contribution in [2.45, 2.75) is 19.3 Å². The molecule has 1 saturated heterocycles. The standard InChI is InChI=1S/C23H27N7/c1-16(20-11-19(12-26-13-20)10-18-5-8-24-9-6-18)29-22-15-27-30-23(22)17(2)28-21-4-3-7-25-14-21/h3-4,7,11-15,18,24,28-29H,1-2,5-6,8-10H2,(H,27,30). The van der Waals surface area contributed by atoms with Gasteiger partial charge in [0.1, 0.15) is 5.69 Å². The van der Waals surface area contributed by atoms with Crippen LogP contribution < -0.4 is 16.0 Å². The molecule has 1 fully saturated rings. The number of aromatic nitrogens is 4. The van der Waals surface area contributed by atoms with E-state index in [0.717, 1.165) is 42.1 Å². The van der Waals surface area contributed by atoms with E-state index in [4.69, 9.17) is 0 Å². The van der Waals surface area contributed by atoms with E-state index in [1.807, 2.05) is 24.5 Å². The fourth-order valence-corrected chi connectivity index (χ4v) is 3.70. The lowest BCUT2D eigenvalue weighted by Gasteiger charge is -2.22. The van der Waals surface area contributed by atoms with E-state index in [-0.39, 0.29) is 0 Å². The van der Waals surface area contributed by atoms with Gasteiger partial charge in [-0.15, -0.1) is 0 Å². The summed E-state index contributed by atoms with van der Waals surface area (Å²) < 4.78 is 0. The van der Waals surface area contributed by atoms with Crippen LogP contribution in [0.15, 0.2) is 62.3 Å². The van der Waals surface area contributed by atoms with Crippen LogP contribution in [0.3, 0.4) is 0 Å². The molecule has 3 aromatic rings. The van der Waals surface area contributed by atoms with Gasteiger partial charge in [-0.3, -0.25) is 15.1 Å². The summed E-state index contributed by atoms with van der Waals surface area (Å²) in [5.41, 5.74) is 6.00. The zero-order chi connectivity index (χ0) is 20.8. The number of pyridine rings is 2. The smallest absolute Gasteiger partial charge is 0.131 e. The predicted octanol–water partition coefficient (Wildman–Crippen LogP) is 3.91. The van der Waals surface area contributed by atoms with Gasteiger partial charge in [-0.1, -0.05) is 13.2 Å². The van der Waals surface area contributed by atoms with Crippen molar-refractivity contribution >= 4 is 22.8 Å². The summed E-state index contributed by atoms with van der Waals surface area (Å²) in [5, 5.41) is 17.2. The average molecular weight is 402 g/mol. The number of piperidine rings is 1. The first-order valence-electron chi connectivity index (χ1n) is 10.2. The van der Waals surface area contributed by atoms with Crippen LogP contribution in [0.5, 0.6) is 0 Å². The van der Waals surface area contributed by atoms with Crippen molar-refractivity contribution in [1.29, 1.82) is 0 Å². The molecule has 4 rings (SSSR count). The Morgan fingerprint density at radius 2 is 1.93 bits per heavy atom. The molecule has 4 heterocycles. The molecule has 1 aliphatic rings. The largest absolute Gasteiger partial charge is 0.353 e. The second-order valence-electron chi connectivity index (χ2n) is 7.58. The quantitative estimate of drug-likeness (QED) is 0.458. The lowest BCUT2D eigenvalue weighted by atomic mass is 9.91. The number of hydrogen-bond acceptors (Lipinski definition) is 6. The third kappa shape index (κ3) is 4.93. The summed E-state index contributed by atoms with van der Waals surface area (Å²) >= 11 is 0. The molecule has 0 spiro atoms. The topological polar surface area (TPSA) is 90.5 Å². The molecule has 0 atom stereocenters.